The number of para-hydroxylation sites is 1. The topological polar surface area (TPSA) is 21.3 Å². The molecule has 0 atom stereocenters. The standard InChI is InChI=1S/C12H19NO/c1-4-13-9-11-8-6-7-10(3)12(11)14-5-2/h6-8,13H,4-5,9H2,1-3H3. The van der Waals surface area contributed by atoms with Crippen molar-refractivity contribution in [1.82, 2.24) is 5.32 Å². The number of hydrogen-bond acceptors (Lipinski definition) is 2. The van der Waals surface area contributed by atoms with Crippen molar-refractivity contribution in [2.45, 2.75) is 27.3 Å². The molecule has 78 valence electrons. The molecule has 1 aromatic rings. The van der Waals surface area contributed by atoms with Gasteiger partial charge in [0.1, 0.15) is 5.75 Å². The van der Waals surface area contributed by atoms with Crippen molar-refractivity contribution in [3.63, 3.8) is 0 Å². The summed E-state index contributed by atoms with van der Waals surface area (Å²) in [6.45, 7) is 8.80. The average Bonchev–Trinajstić information content (AvgIpc) is 2.19. The molecule has 0 heterocycles. The van der Waals surface area contributed by atoms with E-state index in [0.717, 1.165) is 25.4 Å². The summed E-state index contributed by atoms with van der Waals surface area (Å²) in [5.74, 6) is 1.04. The number of aryl methyl sites for hydroxylation is 1. The van der Waals surface area contributed by atoms with Crippen LogP contribution in [0.2, 0.25) is 0 Å². The Morgan fingerprint density at radius 1 is 1.29 bits per heavy atom. The van der Waals surface area contributed by atoms with Gasteiger partial charge in [0.05, 0.1) is 6.61 Å². The van der Waals surface area contributed by atoms with Crippen molar-refractivity contribution < 1.29 is 4.74 Å². The Hall–Kier alpha value is -1.02. The summed E-state index contributed by atoms with van der Waals surface area (Å²) < 4.78 is 5.62. The molecule has 1 aromatic carbocycles. The molecule has 0 saturated heterocycles. The monoisotopic (exact) mass is 193 g/mol. The molecule has 0 radical (unpaired) electrons. The lowest BCUT2D eigenvalue weighted by Crippen LogP contribution is -2.13. The zero-order valence-corrected chi connectivity index (χ0v) is 9.26. The first-order valence-electron chi connectivity index (χ1n) is 5.21. The number of nitrogens with one attached hydrogen (secondary N) is 1. The predicted molar refractivity (Wildman–Crippen MR) is 59.7 cm³/mol. The van der Waals surface area contributed by atoms with E-state index < -0.39 is 0 Å². The normalized spacial score (nSPS) is 10.2. The van der Waals surface area contributed by atoms with Crippen molar-refractivity contribution in [2.24, 2.45) is 0 Å². The zero-order valence-electron chi connectivity index (χ0n) is 9.26. The van der Waals surface area contributed by atoms with Crippen molar-refractivity contribution in [3.05, 3.63) is 29.3 Å². The van der Waals surface area contributed by atoms with Crippen LogP contribution < -0.4 is 10.1 Å². The zero-order chi connectivity index (χ0) is 10.4. The molecule has 0 aliphatic heterocycles. The first-order chi connectivity index (χ1) is 6.79. The third-order valence-corrected chi connectivity index (χ3v) is 2.15. The molecule has 0 saturated carbocycles. The van der Waals surface area contributed by atoms with E-state index in [-0.39, 0.29) is 0 Å². The molecule has 0 spiro atoms. The van der Waals surface area contributed by atoms with Crippen molar-refractivity contribution in [2.75, 3.05) is 13.2 Å². The van der Waals surface area contributed by atoms with E-state index in [9.17, 15) is 0 Å². The van der Waals surface area contributed by atoms with Gasteiger partial charge in [0.15, 0.2) is 0 Å². The lowest BCUT2D eigenvalue weighted by Gasteiger charge is -2.12. The molecule has 1 N–H and O–H groups in total. The minimum absolute atomic E-state index is 0.726. The number of ether oxygens (including phenoxy) is 1. The third kappa shape index (κ3) is 2.74. The highest BCUT2D eigenvalue weighted by Crippen LogP contribution is 2.23. The summed E-state index contributed by atoms with van der Waals surface area (Å²) in [6, 6.07) is 6.27. The van der Waals surface area contributed by atoms with E-state index in [1.54, 1.807) is 0 Å². The molecule has 0 aliphatic rings. The maximum Gasteiger partial charge on any atom is 0.126 e. The van der Waals surface area contributed by atoms with Gasteiger partial charge in [-0.25, -0.2) is 0 Å². The van der Waals surface area contributed by atoms with Gasteiger partial charge in [-0.1, -0.05) is 25.1 Å². The van der Waals surface area contributed by atoms with Crippen LogP contribution in [0, 0.1) is 6.92 Å². The Labute approximate surface area is 86.3 Å². The Morgan fingerprint density at radius 3 is 2.71 bits per heavy atom. The molecule has 14 heavy (non-hydrogen) atoms. The minimum Gasteiger partial charge on any atom is -0.493 e. The maximum atomic E-state index is 5.62. The highest BCUT2D eigenvalue weighted by atomic mass is 16.5. The molecular formula is C12H19NO. The highest BCUT2D eigenvalue weighted by Gasteiger charge is 2.04. The Morgan fingerprint density at radius 2 is 2.07 bits per heavy atom. The molecule has 0 aromatic heterocycles. The predicted octanol–water partition coefficient (Wildman–Crippen LogP) is 2.50. The molecular weight excluding hydrogens is 174 g/mol. The van der Waals surface area contributed by atoms with E-state index in [4.69, 9.17) is 4.74 Å². The van der Waals surface area contributed by atoms with Gasteiger partial charge in [-0.2, -0.15) is 0 Å². The summed E-state index contributed by atoms with van der Waals surface area (Å²) in [5.41, 5.74) is 2.45. The number of benzene rings is 1. The van der Waals surface area contributed by atoms with Crippen LogP contribution >= 0.6 is 0 Å². The van der Waals surface area contributed by atoms with E-state index in [2.05, 4.69) is 37.4 Å². The van der Waals surface area contributed by atoms with Crippen LogP contribution in [-0.4, -0.2) is 13.2 Å². The molecule has 2 heteroatoms. The summed E-state index contributed by atoms with van der Waals surface area (Å²) in [4.78, 5) is 0. The van der Waals surface area contributed by atoms with Crippen LogP contribution in [0.25, 0.3) is 0 Å². The maximum absolute atomic E-state index is 5.62. The fourth-order valence-electron chi connectivity index (χ4n) is 1.46. The largest absolute Gasteiger partial charge is 0.493 e. The van der Waals surface area contributed by atoms with Crippen LogP contribution in [-0.2, 0) is 6.54 Å². The highest BCUT2D eigenvalue weighted by molar-refractivity contribution is 5.40. The summed E-state index contributed by atoms with van der Waals surface area (Å²) >= 11 is 0. The van der Waals surface area contributed by atoms with Crippen molar-refractivity contribution >= 4 is 0 Å². The second kappa shape index (κ2) is 5.66. The van der Waals surface area contributed by atoms with E-state index in [1.165, 1.54) is 11.1 Å². The third-order valence-electron chi connectivity index (χ3n) is 2.15. The van der Waals surface area contributed by atoms with Crippen molar-refractivity contribution in [1.29, 1.82) is 0 Å². The molecule has 2 nitrogen and oxygen atoms in total. The fraction of sp³-hybridized carbons (Fsp3) is 0.500. The van der Waals surface area contributed by atoms with E-state index >= 15 is 0 Å². The molecule has 0 aliphatic carbocycles. The van der Waals surface area contributed by atoms with Crippen LogP contribution in [0.5, 0.6) is 5.75 Å². The molecule has 0 unspecified atom stereocenters. The van der Waals surface area contributed by atoms with Gasteiger partial charge in [-0.15, -0.1) is 0 Å². The van der Waals surface area contributed by atoms with Crippen LogP contribution in [0.1, 0.15) is 25.0 Å². The fourth-order valence-corrected chi connectivity index (χ4v) is 1.46. The molecule has 0 amide bonds. The number of hydrogen-bond donors (Lipinski definition) is 1. The summed E-state index contributed by atoms with van der Waals surface area (Å²) in [6.07, 6.45) is 0. The second-order valence-corrected chi connectivity index (χ2v) is 3.28. The van der Waals surface area contributed by atoms with Gasteiger partial charge in [0.25, 0.3) is 0 Å². The molecule has 0 fully saturated rings. The Balaban J connectivity index is 2.83. The summed E-state index contributed by atoms with van der Waals surface area (Å²) in [7, 11) is 0. The van der Waals surface area contributed by atoms with Crippen LogP contribution in [0.15, 0.2) is 18.2 Å². The van der Waals surface area contributed by atoms with Gasteiger partial charge in [-0.05, 0) is 26.0 Å². The van der Waals surface area contributed by atoms with Gasteiger partial charge in [-0.3, -0.25) is 0 Å². The minimum atomic E-state index is 0.726. The lowest BCUT2D eigenvalue weighted by atomic mass is 10.1. The van der Waals surface area contributed by atoms with Crippen molar-refractivity contribution in [3.8, 4) is 5.75 Å². The van der Waals surface area contributed by atoms with Crippen LogP contribution in [0.3, 0.4) is 0 Å². The number of rotatable bonds is 5. The summed E-state index contributed by atoms with van der Waals surface area (Å²) in [5, 5.41) is 3.31. The van der Waals surface area contributed by atoms with Crippen LogP contribution in [0.4, 0.5) is 0 Å². The van der Waals surface area contributed by atoms with Gasteiger partial charge in [0, 0.05) is 12.1 Å². The van der Waals surface area contributed by atoms with Gasteiger partial charge < -0.3 is 10.1 Å². The lowest BCUT2D eigenvalue weighted by molar-refractivity contribution is 0.333. The first-order valence-corrected chi connectivity index (χ1v) is 5.21. The second-order valence-electron chi connectivity index (χ2n) is 3.28. The van der Waals surface area contributed by atoms with Gasteiger partial charge >= 0.3 is 0 Å². The van der Waals surface area contributed by atoms with E-state index in [1.807, 2.05) is 6.92 Å². The Bertz CT molecular complexity index is 284. The quantitative estimate of drug-likeness (QED) is 0.775. The Kier molecular flexibility index (Phi) is 4.47. The molecule has 1 rings (SSSR count). The first kappa shape index (κ1) is 11.1. The SMILES string of the molecule is CCNCc1cccc(C)c1OCC. The van der Waals surface area contributed by atoms with Gasteiger partial charge in [0.2, 0.25) is 0 Å². The average molecular weight is 193 g/mol. The molecule has 0 bridgehead atoms. The smallest absolute Gasteiger partial charge is 0.126 e. The van der Waals surface area contributed by atoms with E-state index in [0.29, 0.717) is 0 Å².